The zero-order valence-corrected chi connectivity index (χ0v) is 15.6. The lowest BCUT2D eigenvalue weighted by atomic mass is 10.0. The van der Waals surface area contributed by atoms with Crippen LogP contribution >= 0.6 is 15.9 Å². The van der Waals surface area contributed by atoms with E-state index in [-0.39, 0.29) is 12.1 Å². The molecular formula is C20H22BrN3. The summed E-state index contributed by atoms with van der Waals surface area (Å²) in [6.45, 7) is 6.31. The molecule has 3 heterocycles. The van der Waals surface area contributed by atoms with Crippen molar-refractivity contribution in [1.82, 2.24) is 9.97 Å². The molecule has 0 atom stereocenters. The first-order valence-corrected chi connectivity index (χ1v) is 9.30. The molecule has 2 aromatic heterocycles. The molecule has 0 unspecified atom stereocenters. The van der Waals surface area contributed by atoms with Crippen molar-refractivity contribution < 1.29 is 2.74 Å². The fraction of sp³-hybridized carbons (Fsp3) is 0.350. The Balaban J connectivity index is 1.93. The van der Waals surface area contributed by atoms with Gasteiger partial charge < -0.3 is 9.88 Å². The van der Waals surface area contributed by atoms with Crippen molar-refractivity contribution in [1.29, 1.82) is 0 Å². The largest absolute Gasteiger partial charge is 0.372 e. The summed E-state index contributed by atoms with van der Waals surface area (Å²) in [5.41, 5.74) is 4.55. The van der Waals surface area contributed by atoms with Gasteiger partial charge in [0.2, 0.25) is 0 Å². The van der Waals surface area contributed by atoms with Gasteiger partial charge in [-0.1, -0.05) is 26.0 Å². The van der Waals surface area contributed by atoms with Gasteiger partial charge in [0.25, 0.3) is 0 Å². The number of pyridine rings is 1. The predicted molar refractivity (Wildman–Crippen MR) is 105 cm³/mol. The Kier molecular flexibility index (Phi) is 3.51. The number of fused-ring (bicyclic) bond motifs is 1. The first kappa shape index (κ1) is 13.5. The molecule has 0 amide bonds. The van der Waals surface area contributed by atoms with E-state index in [2.05, 4.69) is 68.9 Å². The molecule has 3 aromatic rings. The van der Waals surface area contributed by atoms with Crippen molar-refractivity contribution in [3.05, 3.63) is 46.6 Å². The molecule has 3 nitrogen and oxygen atoms in total. The van der Waals surface area contributed by atoms with Gasteiger partial charge in [-0.05, 0) is 57.9 Å². The van der Waals surface area contributed by atoms with Gasteiger partial charge in [0.1, 0.15) is 5.65 Å². The van der Waals surface area contributed by atoms with E-state index in [0.29, 0.717) is 11.8 Å². The number of aromatic nitrogens is 2. The molecular weight excluding hydrogens is 362 g/mol. The molecule has 0 spiro atoms. The van der Waals surface area contributed by atoms with Crippen LogP contribution in [0.25, 0.3) is 22.2 Å². The topological polar surface area (TPSA) is 31.9 Å². The molecule has 1 aliphatic rings. The highest BCUT2D eigenvalue weighted by atomic mass is 79.9. The molecule has 1 N–H and O–H groups in total. The van der Waals surface area contributed by atoms with Crippen LogP contribution in [0.3, 0.4) is 0 Å². The van der Waals surface area contributed by atoms with E-state index < -0.39 is 0 Å². The Morgan fingerprint density at radius 3 is 2.83 bits per heavy atom. The summed E-state index contributed by atoms with van der Waals surface area (Å²) in [7, 11) is 0. The molecule has 124 valence electrons. The first-order chi connectivity index (χ1) is 12.5. The SMILES string of the molecule is [2H]c1nc2[nH]c([2H])c(-c3cccc(N4CCCC4)c3)c2c(Br)c1C(C)C. The summed E-state index contributed by atoms with van der Waals surface area (Å²) in [4.78, 5) is 9.87. The van der Waals surface area contributed by atoms with Crippen LogP contribution in [0.5, 0.6) is 0 Å². The van der Waals surface area contributed by atoms with Gasteiger partial charge >= 0.3 is 0 Å². The van der Waals surface area contributed by atoms with Crippen LogP contribution in [0.1, 0.15) is 40.9 Å². The van der Waals surface area contributed by atoms with Crippen molar-refractivity contribution in [3.63, 3.8) is 0 Å². The Labute approximate surface area is 154 Å². The van der Waals surface area contributed by atoms with Crippen molar-refractivity contribution in [2.45, 2.75) is 32.6 Å². The van der Waals surface area contributed by atoms with Gasteiger partial charge in [-0.25, -0.2) is 4.98 Å². The predicted octanol–water partition coefficient (Wildman–Crippen LogP) is 5.72. The number of nitrogens with one attached hydrogen (secondary N) is 1. The summed E-state index contributed by atoms with van der Waals surface area (Å²) < 4.78 is 17.6. The molecule has 4 heteroatoms. The lowest BCUT2D eigenvalue weighted by Gasteiger charge is -2.18. The van der Waals surface area contributed by atoms with E-state index in [9.17, 15) is 0 Å². The third-order valence-electron chi connectivity index (χ3n) is 4.72. The van der Waals surface area contributed by atoms with E-state index in [1.807, 2.05) is 0 Å². The lowest BCUT2D eigenvalue weighted by molar-refractivity contribution is 0.856. The molecule has 0 radical (unpaired) electrons. The minimum atomic E-state index is 0.182. The molecule has 24 heavy (non-hydrogen) atoms. The standard InChI is InChI=1S/C20H22BrN3/c1-13(2)16-11-22-20-18(19(16)21)17(12-23-20)14-6-5-7-15(10-14)24-8-3-4-9-24/h5-7,10-13H,3-4,8-9H2,1-2H3,(H,22,23)/i11D,12D. The van der Waals surface area contributed by atoms with Crippen molar-refractivity contribution in [2.24, 2.45) is 0 Å². The highest BCUT2D eigenvalue weighted by Gasteiger charge is 2.17. The smallest absolute Gasteiger partial charge is 0.139 e. The summed E-state index contributed by atoms with van der Waals surface area (Å²) >= 11 is 3.71. The maximum absolute atomic E-state index is 8.47. The fourth-order valence-corrected chi connectivity index (χ4v) is 4.33. The highest BCUT2D eigenvalue weighted by molar-refractivity contribution is 9.10. The van der Waals surface area contributed by atoms with Gasteiger partial charge in [0.05, 0.1) is 2.74 Å². The van der Waals surface area contributed by atoms with Gasteiger partial charge in [-0.15, -0.1) is 0 Å². The van der Waals surface area contributed by atoms with E-state index in [0.717, 1.165) is 39.6 Å². The monoisotopic (exact) mass is 385 g/mol. The molecule has 0 aliphatic carbocycles. The summed E-state index contributed by atoms with van der Waals surface area (Å²) in [6, 6.07) is 8.42. The summed E-state index contributed by atoms with van der Waals surface area (Å²) in [5.74, 6) is 0.182. The minimum absolute atomic E-state index is 0.182. The third-order valence-corrected chi connectivity index (χ3v) is 5.54. The molecule has 1 aromatic carbocycles. The lowest BCUT2D eigenvalue weighted by Crippen LogP contribution is -2.17. The molecule has 1 fully saturated rings. The number of H-pyrrole nitrogens is 1. The maximum atomic E-state index is 8.47. The second kappa shape index (κ2) is 6.25. The molecule has 0 bridgehead atoms. The zero-order valence-electron chi connectivity index (χ0n) is 16.0. The molecule has 1 saturated heterocycles. The number of benzene rings is 1. The van der Waals surface area contributed by atoms with E-state index in [1.54, 1.807) is 0 Å². The number of halogens is 1. The molecule has 1 aliphatic heterocycles. The second-order valence-electron chi connectivity index (χ2n) is 6.70. The summed E-state index contributed by atoms with van der Waals surface area (Å²) in [5, 5.41) is 0.897. The number of hydrogen-bond donors (Lipinski definition) is 1. The number of hydrogen-bond acceptors (Lipinski definition) is 2. The van der Waals surface area contributed by atoms with Crippen LogP contribution in [0.2, 0.25) is 0 Å². The van der Waals surface area contributed by atoms with Gasteiger partial charge in [0, 0.05) is 46.5 Å². The van der Waals surface area contributed by atoms with Crippen LogP contribution in [0.4, 0.5) is 5.69 Å². The zero-order chi connectivity index (χ0) is 18.4. The Morgan fingerprint density at radius 2 is 2.08 bits per heavy atom. The number of anilines is 1. The third kappa shape index (κ3) is 2.63. The van der Waals surface area contributed by atoms with E-state index >= 15 is 0 Å². The second-order valence-corrected chi connectivity index (χ2v) is 7.49. The van der Waals surface area contributed by atoms with Gasteiger partial charge in [-0.3, -0.25) is 0 Å². The highest BCUT2D eigenvalue weighted by Crippen LogP contribution is 2.38. The number of aromatic amines is 1. The Morgan fingerprint density at radius 1 is 1.29 bits per heavy atom. The van der Waals surface area contributed by atoms with Crippen molar-refractivity contribution >= 4 is 32.7 Å². The normalized spacial score (nSPS) is 16.1. The average molecular weight is 386 g/mol. The van der Waals surface area contributed by atoms with Crippen LogP contribution in [0.15, 0.2) is 41.1 Å². The Hall–Kier alpha value is -1.81. The quantitative estimate of drug-likeness (QED) is 0.625. The van der Waals surface area contributed by atoms with Gasteiger partial charge in [-0.2, -0.15) is 0 Å². The summed E-state index contributed by atoms with van der Waals surface area (Å²) in [6.07, 6.45) is 3.08. The van der Waals surface area contributed by atoms with Crippen molar-refractivity contribution in [3.8, 4) is 11.1 Å². The molecule has 0 saturated carbocycles. The van der Waals surface area contributed by atoms with Crippen LogP contribution in [-0.4, -0.2) is 23.1 Å². The van der Waals surface area contributed by atoms with Gasteiger partial charge in [0.15, 0.2) is 0 Å². The minimum Gasteiger partial charge on any atom is -0.372 e. The van der Waals surface area contributed by atoms with Crippen LogP contribution in [-0.2, 0) is 0 Å². The first-order valence-electron chi connectivity index (χ1n) is 9.51. The van der Waals surface area contributed by atoms with Crippen molar-refractivity contribution in [2.75, 3.05) is 18.0 Å². The number of rotatable bonds is 3. The fourth-order valence-electron chi connectivity index (χ4n) is 3.40. The molecule has 4 rings (SSSR count). The van der Waals surface area contributed by atoms with Crippen LogP contribution in [0, 0.1) is 0 Å². The van der Waals surface area contributed by atoms with Crippen LogP contribution < -0.4 is 4.90 Å². The van der Waals surface area contributed by atoms with E-state index in [1.165, 1.54) is 18.5 Å². The maximum Gasteiger partial charge on any atom is 0.139 e. The van der Waals surface area contributed by atoms with E-state index in [4.69, 9.17) is 2.74 Å². The number of nitrogens with zero attached hydrogens (tertiary/aromatic N) is 2. The average Bonchev–Trinajstić information content (AvgIpc) is 3.22. The Bertz CT molecular complexity index is 975.